The molecule has 0 aliphatic heterocycles. The van der Waals surface area contributed by atoms with E-state index in [-0.39, 0.29) is 11.3 Å². The van der Waals surface area contributed by atoms with Gasteiger partial charge in [0.15, 0.2) is 17.8 Å². The van der Waals surface area contributed by atoms with Gasteiger partial charge in [0.25, 0.3) is 0 Å². The van der Waals surface area contributed by atoms with Gasteiger partial charge in [-0.2, -0.15) is 0 Å². The first-order chi connectivity index (χ1) is 5.29. The summed E-state index contributed by atoms with van der Waals surface area (Å²) in [6.07, 6.45) is 0.581. The summed E-state index contributed by atoms with van der Waals surface area (Å²) in [6.45, 7) is 0. The summed E-state index contributed by atoms with van der Waals surface area (Å²) < 4.78 is 4.78. The van der Waals surface area contributed by atoms with Crippen LogP contribution in [0.3, 0.4) is 0 Å². The van der Waals surface area contributed by atoms with Gasteiger partial charge in [-0.05, 0) is 12.1 Å². The molecule has 1 aromatic carbocycles. The molecule has 58 valence electrons. The lowest BCUT2D eigenvalue weighted by Gasteiger charge is -2.02. The Morgan fingerprint density at radius 1 is 1.55 bits per heavy atom. The SMILES string of the molecule is CO[14c]1[14cH][14cH][14cH][14c](C=O)[14c]1O. The summed E-state index contributed by atoms with van der Waals surface area (Å²) in [7, 11) is 1.43. The van der Waals surface area contributed by atoms with Crippen LogP contribution >= 0.6 is 0 Å². The molecule has 0 saturated heterocycles. The van der Waals surface area contributed by atoms with Crippen LogP contribution in [0.15, 0.2) is 18.2 Å². The second kappa shape index (κ2) is 3.05. The predicted molar refractivity (Wildman–Crippen MR) is 40.0 cm³/mol. The van der Waals surface area contributed by atoms with Crippen molar-refractivity contribution in [3.63, 3.8) is 0 Å². The third-order valence-electron chi connectivity index (χ3n) is 1.38. The van der Waals surface area contributed by atoms with Crippen molar-refractivity contribution in [2.45, 2.75) is 0 Å². The molecule has 0 saturated carbocycles. The van der Waals surface area contributed by atoms with E-state index in [9.17, 15) is 9.90 Å². The van der Waals surface area contributed by atoms with Gasteiger partial charge < -0.3 is 9.84 Å². The Hall–Kier alpha value is -1.51. The maximum atomic E-state index is 10.3. The van der Waals surface area contributed by atoms with Gasteiger partial charge in [0.05, 0.1) is 12.7 Å². The number of carbonyl (C=O) groups is 1. The molecule has 1 N–H and O–H groups in total. The van der Waals surface area contributed by atoms with Gasteiger partial charge in [-0.25, -0.2) is 0 Å². The smallest absolute Gasteiger partial charge is 0.168 e. The van der Waals surface area contributed by atoms with Gasteiger partial charge in [-0.3, -0.25) is 4.79 Å². The number of benzene rings is 1. The minimum atomic E-state index is -0.106. The second-order valence-electron chi connectivity index (χ2n) is 2.02. The van der Waals surface area contributed by atoms with Crippen molar-refractivity contribution in [2.24, 2.45) is 0 Å². The van der Waals surface area contributed by atoms with E-state index in [0.717, 1.165) is 0 Å². The van der Waals surface area contributed by atoms with E-state index in [2.05, 4.69) is 0 Å². The number of ether oxygens (including phenoxy) is 1. The van der Waals surface area contributed by atoms with Gasteiger partial charge in [-0.1, -0.05) is 6.07 Å². The zero-order valence-corrected chi connectivity index (χ0v) is 6.07. The molecule has 3 nitrogen and oxygen atoms in total. The number of aldehydes is 1. The molecule has 0 aliphatic rings. The average molecular weight is 164 g/mol. The molecule has 0 atom stereocenters. The van der Waals surface area contributed by atoms with Crippen molar-refractivity contribution in [1.82, 2.24) is 0 Å². The Balaban J connectivity index is 3.20. The van der Waals surface area contributed by atoms with Crippen molar-refractivity contribution < 1.29 is 14.6 Å². The second-order valence-corrected chi connectivity index (χ2v) is 2.02. The zero-order valence-electron chi connectivity index (χ0n) is 6.07. The third-order valence-corrected chi connectivity index (χ3v) is 1.38. The van der Waals surface area contributed by atoms with E-state index in [1.165, 1.54) is 13.2 Å². The van der Waals surface area contributed by atoms with E-state index in [4.69, 9.17) is 4.74 Å². The highest BCUT2D eigenvalue weighted by atomic mass is 16.8. The van der Waals surface area contributed by atoms with Crippen LogP contribution in [-0.2, 0) is 0 Å². The van der Waals surface area contributed by atoms with Crippen LogP contribution in [0.5, 0.6) is 11.5 Å². The van der Waals surface area contributed by atoms with Crippen LogP contribution in [0.2, 0.25) is 0 Å². The molecule has 1 rings (SSSR count). The van der Waals surface area contributed by atoms with Crippen LogP contribution in [0.25, 0.3) is 0 Å². The standard InChI is InChI=1S/C8H8O3/c1-11-7-4-2-3-6(5-9)8(7)10/h2-5,10H,1H3/i2+2,3+2,4+2,6+2,7+2,8+2. The molecule has 0 bridgehead atoms. The minimum Gasteiger partial charge on any atom is -0.504 e. The lowest BCUT2D eigenvalue weighted by molar-refractivity contribution is 0.112. The van der Waals surface area contributed by atoms with Crippen molar-refractivity contribution in [3.8, 4) is 11.5 Å². The molecule has 0 heterocycles. The van der Waals surface area contributed by atoms with Crippen molar-refractivity contribution in [3.05, 3.63) is 23.8 Å². The molecular weight excluding hydrogens is 156 g/mol. The van der Waals surface area contributed by atoms with Crippen LogP contribution < -0.4 is 4.74 Å². The summed E-state index contributed by atoms with van der Waals surface area (Å²) in [5, 5.41) is 9.23. The maximum Gasteiger partial charge on any atom is 0.168 e. The topological polar surface area (TPSA) is 46.5 Å². The summed E-state index contributed by atoms with van der Waals surface area (Å²) in [5.74, 6) is 0.208. The van der Waals surface area contributed by atoms with Crippen molar-refractivity contribution in [2.75, 3.05) is 7.11 Å². The Kier molecular flexibility index (Phi) is 2.11. The quantitative estimate of drug-likeness (QED) is 0.668. The van der Waals surface area contributed by atoms with E-state index in [1.54, 1.807) is 12.1 Å². The number of phenolic OH excluding ortho intramolecular Hbond substituents is 1. The van der Waals surface area contributed by atoms with Crippen LogP contribution in [0.1, 0.15) is 10.4 Å². The summed E-state index contributed by atoms with van der Waals surface area (Å²) >= 11 is 0. The first-order valence-corrected chi connectivity index (χ1v) is 3.10. The van der Waals surface area contributed by atoms with E-state index < -0.39 is 0 Å². The highest BCUT2D eigenvalue weighted by molar-refractivity contribution is 5.80. The first-order valence-electron chi connectivity index (χ1n) is 3.10. The molecule has 11 heavy (non-hydrogen) atoms. The molecule has 0 aliphatic carbocycles. The Bertz CT molecular complexity index is 268. The lowest BCUT2D eigenvalue weighted by atomic mass is 11.4. The van der Waals surface area contributed by atoms with Gasteiger partial charge in [0.2, 0.25) is 0 Å². The minimum absolute atomic E-state index is 0.106. The van der Waals surface area contributed by atoms with Crippen LogP contribution in [0, 0.1) is 0 Å². The van der Waals surface area contributed by atoms with Gasteiger partial charge in [-0.15, -0.1) is 0 Å². The van der Waals surface area contributed by atoms with Gasteiger partial charge >= 0.3 is 0 Å². The summed E-state index contributed by atoms with van der Waals surface area (Å²) in [5.41, 5.74) is 0.240. The fourth-order valence-corrected chi connectivity index (χ4v) is 0.799. The van der Waals surface area contributed by atoms with Crippen LogP contribution in [-0.4, -0.2) is 18.5 Å². The number of hydrogen-bond donors (Lipinski definition) is 1. The number of hydrogen-bond acceptors (Lipinski definition) is 3. The highest BCUT2D eigenvalue weighted by Crippen LogP contribution is 2.27. The lowest BCUT2D eigenvalue weighted by Crippen LogP contribution is -1.86. The Labute approximate surface area is 64.2 Å². The normalized spacial score (nSPS) is 9.18. The maximum absolute atomic E-state index is 10.3. The Morgan fingerprint density at radius 3 is 2.82 bits per heavy atom. The monoisotopic (exact) mass is 164 g/mol. The molecule has 0 unspecified atom stereocenters. The molecule has 0 radical (unpaired) electrons. The van der Waals surface area contributed by atoms with Crippen LogP contribution in [0.4, 0.5) is 0 Å². The Morgan fingerprint density at radius 2 is 2.27 bits per heavy atom. The predicted octanol–water partition coefficient (Wildman–Crippen LogP) is 1.21. The first kappa shape index (κ1) is 7.60. The fraction of sp³-hybridized carbons (Fsp3) is 0.125. The largest absolute Gasteiger partial charge is 0.504 e. The number of rotatable bonds is 2. The van der Waals surface area contributed by atoms with Gasteiger partial charge in [0.1, 0.15) is 0 Å². The number of phenols is 1. The molecule has 1 aromatic rings. The molecular formula is C8H8O3. The summed E-state index contributed by atoms with van der Waals surface area (Å²) in [6, 6.07) is 4.75. The molecule has 0 amide bonds. The van der Waals surface area contributed by atoms with E-state index in [0.29, 0.717) is 12.0 Å². The van der Waals surface area contributed by atoms with Gasteiger partial charge in [0, 0.05) is 0 Å². The molecule has 0 aromatic heterocycles. The highest BCUT2D eigenvalue weighted by Gasteiger charge is 2.04. The molecule has 0 spiro atoms. The van der Waals surface area contributed by atoms with Crippen molar-refractivity contribution in [1.29, 1.82) is 0 Å². The number of para-hydroxylation sites is 1. The number of carbonyl (C=O) groups excluding carboxylic acids is 1. The zero-order chi connectivity index (χ0) is 8.27. The molecule has 0 fully saturated rings. The van der Waals surface area contributed by atoms with E-state index >= 15 is 0 Å². The summed E-state index contributed by atoms with van der Waals surface area (Å²) in [4.78, 5) is 10.3. The number of aromatic hydroxyl groups is 1. The van der Waals surface area contributed by atoms with E-state index in [1.807, 2.05) is 0 Å². The average Bonchev–Trinajstić information content (AvgIpc) is 2.05. The molecule has 3 heteroatoms. The third kappa shape index (κ3) is 1.32. The van der Waals surface area contributed by atoms with Crippen molar-refractivity contribution >= 4 is 6.29 Å². The fourth-order valence-electron chi connectivity index (χ4n) is 0.799. The number of methoxy groups -OCH3 is 1.